The first-order chi connectivity index (χ1) is 7.27. The molecule has 1 aromatic carbocycles. The van der Waals surface area contributed by atoms with E-state index in [0.717, 1.165) is 30.8 Å². The second-order valence-electron chi connectivity index (χ2n) is 3.74. The van der Waals surface area contributed by atoms with Crippen molar-refractivity contribution in [2.45, 2.75) is 25.7 Å². The highest BCUT2D eigenvalue weighted by Crippen LogP contribution is 2.28. The van der Waals surface area contributed by atoms with Gasteiger partial charge in [0.05, 0.1) is 6.61 Å². The van der Waals surface area contributed by atoms with Gasteiger partial charge in [-0.25, -0.2) is 0 Å². The summed E-state index contributed by atoms with van der Waals surface area (Å²) in [6.07, 6.45) is 2.82. The zero-order chi connectivity index (χ0) is 10.7. The summed E-state index contributed by atoms with van der Waals surface area (Å²) in [4.78, 5) is 10.5. The fourth-order valence-corrected chi connectivity index (χ4v) is 1.94. The van der Waals surface area contributed by atoms with E-state index >= 15 is 0 Å². The van der Waals surface area contributed by atoms with Crippen LogP contribution in [0.2, 0.25) is 0 Å². The summed E-state index contributed by atoms with van der Waals surface area (Å²) >= 11 is 0. The molecular formula is C12H14O3. The minimum atomic E-state index is -0.746. The number of aliphatic carboxylic acids is 1. The lowest BCUT2D eigenvalue weighted by Crippen LogP contribution is -2.11. The number of aryl methyl sites for hydroxylation is 1. The van der Waals surface area contributed by atoms with Gasteiger partial charge in [0.2, 0.25) is 0 Å². The summed E-state index contributed by atoms with van der Waals surface area (Å²) in [6.45, 7) is 0.773. The Morgan fingerprint density at radius 2 is 2.33 bits per heavy atom. The minimum Gasteiger partial charge on any atom is -0.493 e. The number of carbonyl (C=O) groups is 1. The highest BCUT2D eigenvalue weighted by atomic mass is 16.5. The molecule has 1 aliphatic rings. The molecular weight excluding hydrogens is 192 g/mol. The van der Waals surface area contributed by atoms with E-state index in [1.807, 2.05) is 18.2 Å². The van der Waals surface area contributed by atoms with Crippen LogP contribution >= 0.6 is 0 Å². The van der Waals surface area contributed by atoms with E-state index in [1.54, 1.807) is 0 Å². The molecule has 0 aromatic heterocycles. The maximum absolute atomic E-state index is 10.5. The molecule has 2 rings (SSSR count). The number of fused-ring (bicyclic) bond motifs is 1. The van der Waals surface area contributed by atoms with Crippen molar-refractivity contribution in [3.8, 4) is 5.75 Å². The van der Waals surface area contributed by atoms with E-state index in [-0.39, 0.29) is 6.42 Å². The van der Waals surface area contributed by atoms with Crippen molar-refractivity contribution in [1.29, 1.82) is 0 Å². The van der Waals surface area contributed by atoms with Gasteiger partial charge < -0.3 is 9.84 Å². The van der Waals surface area contributed by atoms with E-state index < -0.39 is 5.97 Å². The van der Waals surface area contributed by atoms with E-state index in [0.29, 0.717) is 6.42 Å². The van der Waals surface area contributed by atoms with Crippen LogP contribution in [0.15, 0.2) is 18.2 Å². The van der Waals surface area contributed by atoms with E-state index in [9.17, 15) is 4.79 Å². The largest absolute Gasteiger partial charge is 0.493 e. The van der Waals surface area contributed by atoms with Crippen LogP contribution in [0, 0.1) is 0 Å². The number of carboxylic acids is 1. The number of rotatable bonds is 3. The zero-order valence-electron chi connectivity index (χ0n) is 8.53. The summed E-state index contributed by atoms with van der Waals surface area (Å²) in [5.41, 5.74) is 2.32. The summed E-state index contributed by atoms with van der Waals surface area (Å²) in [7, 11) is 0. The molecule has 15 heavy (non-hydrogen) atoms. The number of benzene rings is 1. The Morgan fingerprint density at radius 3 is 3.13 bits per heavy atom. The van der Waals surface area contributed by atoms with Crippen LogP contribution in [0.5, 0.6) is 5.75 Å². The highest BCUT2D eigenvalue weighted by molar-refractivity contribution is 5.67. The van der Waals surface area contributed by atoms with Gasteiger partial charge in [-0.3, -0.25) is 4.79 Å². The zero-order valence-corrected chi connectivity index (χ0v) is 8.53. The molecule has 0 atom stereocenters. The maximum Gasteiger partial charge on any atom is 0.303 e. The van der Waals surface area contributed by atoms with Crippen molar-refractivity contribution in [3.05, 3.63) is 29.3 Å². The Labute approximate surface area is 88.7 Å². The first-order valence-electron chi connectivity index (χ1n) is 5.23. The molecule has 1 aromatic rings. The van der Waals surface area contributed by atoms with Crippen molar-refractivity contribution >= 4 is 5.97 Å². The molecule has 0 amide bonds. The quantitative estimate of drug-likeness (QED) is 0.823. The summed E-state index contributed by atoms with van der Waals surface area (Å²) < 4.78 is 5.52. The third kappa shape index (κ3) is 2.29. The van der Waals surface area contributed by atoms with Gasteiger partial charge >= 0.3 is 5.97 Å². The second-order valence-corrected chi connectivity index (χ2v) is 3.74. The topological polar surface area (TPSA) is 46.5 Å². The highest BCUT2D eigenvalue weighted by Gasteiger charge is 2.14. The molecule has 80 valence electrons. The smallest absolute Gasteiger partial charge is 0.303 e. The third-order valence-corrected chi connectivity index (χ3v) is 2.67. The molecule has 1 aliphatic heterocycles. The third-order valence-electron chi connectivity index (χ3n) is 2.67. The van der Waals surface area contributed by atoms with Crippen LogP contribution in [0.4, 0.5) is 0 Å². The molecule has 0 aliphatic carbocycles. The first-order valence-corrected chi connectivity index (χ1v) is 5.23. The Balaban J connectivity index is 2.19. The molecule has 1 N–H and O–H groups in total. The van der Waals surface area contributed by atoms with Gasteiger partial charge in [-0.15, -0.1) is 0 Å². The first kappa shape index (κ1) is 10.0. The number of ether oxygens (including phenoxy) is 1. The molecule has 0 saturated heterocycles. The lowest BCUT2D eigenvalue weighted by Gasteiger charge is -2.19. The summed E-state index contributed by atoms with van der Waals surface area (Å²) in [5, 5.41) is 8.65. The van der Waals surface area contributed by atoms with Crippen molar-refractivity contribution in [1.82, 2.24) is 0 Å². The monoisotopic (exact) mass is 206 g/mol. The van der Waals surface area contributed by atoms with Gasteiger partial charge in [-0.1, -0.05) is 12.1 Å². The van der Waals surface area contributed by atoms with E-state index in [2.05, 4.69) is 0 Å². The maximum atomic E-state index is 10.5. The van der Waals surface area contributed by atoms with Gasteiger partial charge in [-0.05, 0) is 36.5 Å². The Hall–Kier alpha value is -1.51. The number of hydrogen-bond donors (Lipinski definition) is 1. The summed E-state index contributed by atoms with van der Waals surface area (Å²) in [5.74, 6) is 0.188. The average Bonchev–Trinajstić information content (AvgIpc) is 2.26. The van der Waals surface area contributed by atoms with Crippen molar-refractivity contribution in [2.24, 2.45) is 0 Å². The Bertz CT molecular complexity index is 371. The number of carboxylic acid groups (broad SMARTS) is 1. The van der Waals surface area contributed by atoms with Gasteiger partial charge in [0.1, 0.15) is 5.75 Å². The number of hydrogen-bond acceptors (Lipinski definition) is 2. The Morgan fingerprint density at radius 1 is 1.47 bits per heavy atom. The van der Waals surface area contributed by atoms with Crippen molar-refractivity contribution < 1.29 is 14.6 Å². The normalized spacial score (nSPS) is 14.1. The van der Waals surface area contributed by atoms with Crippen LogP contribution in [0.25, 0.3) is 0 Å². The lowest BCUT2D eigenvalue weighted by molar-refractivity contribution is -0.136. The fourth-order valence-electron chi connectivity index (χ4n) is 1.94. The van der Waals surface area contributed by atoms with Crippen LogP contribution in [0.1, 0.15) is 24.0 Å². The SMILES string of the molecule is O=C(O)CCc1cccc2c1CCCO2. The van der Waals surface area contributed by atoms with Crippen LogP contribution in [0.3, 0.4) is 0 Å². The second kappa shape index (κ2) is 4.34. The molecule has 0 unspecified atom stereocenters. The predicted molar refractivity (Wildman–Crippen MR) is 56.2 cm³/mol. The van der Waals surface area contributed by atoms with Gasteiger partial charge in [0.15, 0.2) is 0 Å². The van der Waals surface area contributed by atoms with E-state index in [1.165, 1.54) is 5.56 Å². The van der Waals surface area contributed by atoms with Crippen molar-refractivity contribution in [2.75, 3.05) is 6.61 Å². The van der Waals surface area contributed by atoms with Crippen LogP contribution in [-0.4, -0.2) is 17.7 Å². The van der Waals surface area contributed by atoms with Gasteiger partial charge in [-0.2, -0.15) is 0 Å². The van der Waals surface area contributed by atoms with Gasteiger partial charge in [0.25, 0.3) is 0 Å². The molecule has 3 heteroatoms. The average molecular weight is 206 g/mol. The molecule has 1 heterocycles. The molecule has 0 fully saturated rings. The lowest BCUT2D eigenvalue weighted by atomic mass is 9.97. The molecule has 0 bridgehead atoms. The Kier molecular flexibility index (Phi) is 2.90. The predicted octanol–water partition coefficient (Wildman–Crippen LogP) is 2.03. The van der Waals surface area contributed by atoms with E-state index in [4.69, 9.17) is 9.84 Å². The van der Waals surface area contributed by atoms with Crippen molar-refractivity contribution in [3.63, 3.8) is 0 Å². The molecule has 0 radical (unpaired) electrons. The van der Waals surface area contributed by atoms with Gasteiger partial charge in [0, 0.05) is 6.42 Å². The molecule has 0 saturated carbocycles. The molecule has 0 spiro atoms. The summed E-state index contributed by atoms with van der Waals surface area (Å²) in [6, 6.07) is 5.89. The van der Waals surface area contributed by atoms with Crippen LogP contribution in [-0.2, 0) is 17.6 Å². The minimum absolute atomic E-state index is 0.191. The standard InChI is InChI=1S/C12H14O3/c13-12(14)7-6-9-3-1-5-11-10(9)4-2-8-15-11/h1,3,5H,2,4,6-8H2,(H,13,14). The van der Waals surface area contributed by atoms with Crippen LogP contribution < -0.4 is 4.74 Å². The fraction of sp³-hybridized carbons (Fsp3) is 0.417. The molecule has 3 nitrogen and oxygen atoms in total.